The fraction of sp³-hybridized carbons (Fsp3) is 0.286. The van der Waals surface area contributed by atoms with Crippen molar-refractivity contribution in [2.75, 3.05) is 20.0 Å². The smallest absolute Gasteiger partial charge is 0.220 e. The van der Waals surface area contributed by atoms with Crippen LogP contribution in [-0.4, -0.2) is 24.2 Å². The van der Waals surface area contributed by atoms with Crippen molar-refractivity contribution >= 4 is 5.95 Å². The van der Waals surface area contributed by atoms with E-state index in [9.17, 15) is 0 Å². The van der Waals surface area contributed by atoms with Gasteiger partial charge in [0, 0.05) is 12.3 Å². The molecule has 0 aliphatic carbocycles. The van der Waals surface area contributed by atoms with Crippen LogP contribution in [0.15, 0.2) is 30.5 Å². The number of hydrogen-bond acceptors (Lipinski definition) is 6. The molecule has 6 heteroatoms. The SMILES string of the molecule is COc1ccc(O[C@H](C)c2ccnc(N)n2)cc1OC. The van der Waals surface area contributed by atoms with Crippen LogP contribution in [-0.2, 0) is 0 Å². The molecule has 0 aliphatic heterocycles. The number of ether oxygens (including phenoxy) is 3. The molecule has 0 aliphatic rings. The number of nitrogens with two attached hydrogens (primary N) is 1. The van der Waals surface area contributed by atoms with E-state index in [2.05, 4.69) is 9.97 Å². The van der Waals surface area contributed by atoms with Crippen molar-refractivity contribution in [2.24, 2.45) is 0 Å². The molecule has 0 bridgehead atoms. The molecule has 20 heavy (non-hydrogen) atoms. The first-order valence-electron chi connectivity index (χ1n) is 6.11. The fourth-order valence-electron chi connectivity index (χ4n) is 1.77. The Balaban J connectivity index is 2.17. The molecule has 1 aromatic heterocycles. The first-order valence-corrected chi connectivity index (χ1v) is 6.11. The van der Waals surface area contributed by atoms with Gasteiger partial charge in [-0.25, -0.2) is 9.97 Å². The molecule has 106 valence electrons. The van der Waals surface area contributed by atoms with Gasteiger partial charge < -0.3 is 19.9 Å². The lowest BCUT2D eigenvalue weighted by Crippen LogP contribution is -2.07. The van der Waals surface area contributed by atoms with Crippen LogP contribution < -0.4 is 19.9 Å². The number of nitrogens with zero attached hydrogens (tertiary/aromatic N) is 2. The largest absolute Gasteiger partial charge is 0.493 e. The number of benzene rings is 1. The second-order valence-electron chi connectivity index (χ2n) is 4.12. The molecule has 0 fully saturated rings. The van der Waals surface area contributed by atoms with Crippen LogP contribution in [0.3, 0.4) is 0 Å². The van der Waals surface area contributed by atoms with Gasteiger partial charge in [-0.15, -0.1) is 0 Å². The first kappa shape index (κ1) is 13.9. The Hall–Kier alpha value is -2.50. The third-order valence-corrected chi connectivity index (χ3v) is 2.78. The van der Waals surface area contributed by atoms with Crippen LogP contribution in [0, 0.1) is 0 Å². The van der Waals surface area contributed by atoms with E-state index in [1.807, 2.05) is 13.0 Å². The molecular weight excluding hydrogens is 258 g/mol. The molecule has 1 atom stereocenters. The zero-order valence-corrected chi connectivity index (χ0v) is 11.7. The van der Waals surface area contributed by atoms with Crippen LogP contribution >= 0.6 is 0 Å². The quantitative estimate of drug-likeness (QED) is 0.901. The monoisotopic (exact) mass is 275 g/mol. The molecule has 2 aromatic rings. The van der Waals surface area contributed by atoms with E-state index < -0.39 is 0 Å². The summed E-state index contributed by atoms with van der Waals surface area (Å²) in [7, 11) is 3.17. The van der Waals surface area contributed by atoms with Gasteiger partial charge in [0.2, 0.25) is 5.95 Å². The number of aromatic nitrogens is 2. The van der Waals surface area contributed by atoms with Gasteiger partial charge in [-0.2, -0.15) is 0 Å². The van der Waals surface area contributed by atoms with Crippen molar-refractivity contribution in [1.82, 2.24) is 9.97 Å². The predicted octanol–water partition coefficient (Wildman–Crippen LogP) is 2.22. The van der Waals surface area contributed by atoms with Crippen LogP contribution in [0.1, 0.15) is 18.7 Å². The molecule has 1 heterocycles. The Labute approximate surface area is 117 Å². The number of methoxy groups -OCH3 is 2. The highest BCUT2D eigenvalue weighted by molar-refractivity contribution is 5.45. The third kappa shape index (κ3) is 3.09. The summed E-state index contributed by atoms with van der Waals surface area (Å²) in [6, 6.07) is 7.12. The molecule has 0 saturated carbocycles. The summed E-state index contributed by atoms with van der Waals surface area (Å²) in [4.78, 5) is 7.99. The minimum absolute atomic E-state index is 0.227. The number of rotatable bonds is 5. The van der Waals surface area contributed by atoms with Gasteiger partial charge >= 0.3 is 0 Å². The van der Waals surface area contributed by atoms with Gasteiger partial charge in [-0.1, -0.05) is 0 Å². The Morgan fingerprint density at radius 2 is 1.85 bits per heavy atom. The Morgan fingerprint density at radius 3 is 2.50 bits per heavy atom. The minimum atomic E-state index is -0.251. The zero-order chi connectivity index (χ0) is 14.5. The lowest BCUT2D eigenvalue weighted by atomic mass is 10.2. The van der Waals surface area contributed by atoms with E-state index in [-0.39, 0.29) is 12.1 Å². The minimum Gasteiger partial charge on any atom is -0.493 e. The summed E-state index contributed by atoms with van der Waals surface area (Å²) in [6.45, 7) is 1.89. The average Bonchev–Trinajstić information content (AvgIpc) is 2.47. The van der Waals surface area contributed by atoms with Crippen LogP contribution in [0.25, 0.3) is 0 Å². The van der Waals surface area contributed by atoms with Crippen LogP contribution in [0.4, 0.5) is 5.95 Å². The van der Waals surface area contributed by atoms with E-state index in [1.165, 1.54) is 0 Å². The van der Waals surface area contributed by atoms with E-state index in [0.29, 0.717) is 22.9 Å². The second-order valence-corrected chi connectivity index (χ2v) is 4.12. The molecule has 0 saturated heterocycles. The van der Waals surface area contributed by atoms with Gasteiger partial charge in [0.1, 0.15) is 11.9 Å². The lowest BCUT2D eigenvalue weighted by molar-refractivity contribution is 0.220. The summed E-state index contributed by atoms with van der Waals surface area (Å²) in [5.74, 6) is 2.15. The van der Waals surface area contributed by atoms with Crippen molar-refractivity contribution in [3.8, 4) is 17.2 Å². The Kier molecular flexibility index (Phi) is 4.24. The fourth-order valence-corrected chi connectivity index (χ4v) is 1.77. The van der Waals surface area contributed by atoms with Crippen molar-refractivity contribution in [2.45, 2.75) is 13.0 Å². The molecule has 2 rings (SSSR count). The Morgan fingerprint density at radius 1 is 1.10 bits per heavy atom. The first-order chi connectivity index (χ1) is 9.63. The van der Waals surface area contributed by atoms with Crippen molar-refractivity contribution in [1.29, 1.82) is 0 Å². The molecule has 0 unspecified atom stereocenters. The summed E-state index contributed by atoms with van der Waals surface area (Å²) >= 11 is 0. The summed E-state index contributed by atoms with van der Waals surface area (Å²) in [5, 5.41) is 0. The summed E-state index contributed by atoms with van der Waals surface area (Å²) in [6.07, 6.45) is 1.35. The van der Waals surface area contributed by atoms with Gasteiger partial charge in [-0.05, 0) is 25.1 Å². The van der Waals surface area contributed by atoms with Gasteiger partial charge in [0.05, 0.1) is 19.9 Å². The summed E-state index contributed by atoms with van der Waals surface area (Å²) < 4.78 is 16.2. The average molecular weight is 275 g/mol. The molecule has 2 N–H and O–H groups in total. The maximum Gasteiger partial charge on any atom is 0.220 e. The van der Waals surface area contributed by atoms with E-state index in [1.54, 1.807) is 38.6 Å². The zero-order valence-electron chi connectivity index (χ0n) is 11.7. The van der Waals surface area contributed by atoms with Gasteiger partial charge in [0.15, 0.2) is 11.5 Å². The third-order valence-electron chi connectivity index (χ3n) is 2.78. The van der Waals surface area contributed by atoms with Crippen LogP contribution in [0.5, 0.6) is 17.2 Å². The van der Waals surface area contributed by atoms with E-state index in [0.717, 1.165) is 0 Å². The Bertz CT molecular complexity index is 590. The molecule has 0 amide bonds. The normalized spacial score (nSPS) is 11.8. The molecule has 1 aromatic carbocycles. The highest BCUT2D eigenvalue weighted by atomic mass is 16.5. The summed E-state index contributed by atoms with van der Waals surface area (Å²) in [5.41, 5.74) is 6.27. The van der Waals surface area contributed by atoms with E-state index >= 15 is 0 Å². The van der Waals surface area contributed by atoms with E-state index in [4.69, 9.17) is 19.9 Å². The highest BCUT2D eigenvalue weighted by Gasteiger charge is 2.11. The number of anilines is 1. The highest BCUT2D eigenvalue weighted by Crippen LogP contribution is 2.32. The number of hydrogen-bond donors (Lipinski definition) is 1. The van der Waals surface area contributed by atoms with Gasteiger partial charge in [-0.3, -0.25) is 0 Å². The molecule has 0 spiro atoms. The maximum absolute atomic E-state index is 5.82. The van der Waals surface area contributed by atoms with Crippen molar-refractivity contribution in [3.63, 3.8) is 0 Å². The van der Waals surface area contributed by atoms with Crippen molar-refractivity contribution < 1.29 is 14.2 Å². The maximum atomic E-state index is 5.82. The topological polar surface area (TPSA) is 79.5 Å². The van der Waals surface area contributed by atoms with Crippen LogP contribution in [0.2, 0.25) is 0 Å². The standard InChI is InChI=1S/C14H17N3O3/c1-9(11-6-7-16-14(15)17-11)20-10-4-5-12(18-2)13(8-10)19-3/h4-9H,1-3H3,(H2,15,16,17)/t9-/m1/s1. The molecule has 0 radical (unpaired) electrons. The molecule has 6 nitrogen and oxygen atoms in total. The lowest BCUT2D eigenvalue weighted by Gasteiger charge is -2.16. The molecular formula is C14H17N3O3. The van der Waals surface area contributed by atoms with Crippen molar-refractivity contribution in [3.05, 3.63) is 36.2 Å². The van der Waals surface area contributed by atoms with Gasteiger partial charge in [0.25, 0.3) is 0 Å². The number of nitrogen functional groups attached to an aromatic ring is 1. The predicted molar refractivity (Wildman–Crippen MR) is 75.0 cm³/mol. The second kappa shape index (κ2) is 6.10.